The molecule has 0 radical (unpaired) electrons. The van der Waals surface area contributed by atoms with Gasteiger partial charge in [0.15, 0.2) is 5.16 Å². The summed E-state index contributed by atoms with van der Waals surface area (Å²) in [7, 11) is 1.91. The van der Waals surface area contributed by atoms with Crippen LogP contribution in [0, 0.1) is 5.82 Å². The maximum atomic E-state index is 12.8. The van der Waals surface area contributed by atoms with Gasteiger partial charge in [0.1, 0.15) is 29.5 Å². The van der Waals surface area contributed by atoms with Gasteiger partial charge in [0.25, 0.3) is 0 Å². The van der Waals surface area contributed by atoms with E-state index in [9.17, 15) is 4.39 Å². The van der Waals surface area contributed by atoms with Crippen molar-refractivity contribution in [2.75, 3.05) is 0 Å². The minimum atomic E-state index is -0.273. The molecule has 0 aliphatic rings. The van der Waals surface area contributed by atoms with Crippen LogP contribution >= 0.6 is 23.1 Å². The van der Waals surface area contributed by atoms with Gasteiger partial charge in [0, 0.05) is 18.2 Å². The van der Waals surface area contributed by atoms with Gasteiger partial charge in [-0.1, -0.05) is 11.8 Å². The first-order valence-corrected chi connectivity index (χ1v) is 8.35. The average Bonchev–Trinajstić information content (AvgIpc) is 3.13. The molecule has 0 spiro atoms. The van der Waals surface area contributed by atoms with Gasteiger partial charge in [-0.25, -0.2) is 9.37 Å². The van der Waals surface area contributed by atoms with Crippen LogP contribution in [0.1, 0.15) is 10.7 Å². The minimum absolute atomic E-state index is 0.273. The smallest absolute Gasteiger partial charge is 0.191 e. The molecule has 0 saturated carbocycles. The van der Waals surface area contributed by atoms with Gasteiger partial charge in [-0.2, -0.15) is 0 Å². The third-order valence-corrected chi connectivity index (χ3v) is 4.73. The molecule has 2 aromatic heterocycles. The molecule has 0 aliphatic heterocycles. The zero-order valence-electron chi connectivity index (χ0n) is 11.8. The van der Waals surface area contributed by atoms with E-state index in [-0.39, 0.29) is 5.82 Å². The van der Waals surface area contributed by atoms with Gasteiger partial charge in [-0.15, -0.1) is 21.5 Å². The summed E-state index contributed by atoms with van der Waals surface area (Å²) >= 11 is 3.13. The van der Waals surface area contributed by atoms with E-state index in [0.717, 1.165) is 21.6 Å². The molecular weight excluding hydrogens is 323 g/mol. The van der Waals surface area contributed by atoms with Gasteiger partial charge < -0.3 is 9.30 Å². The van der Waals surface area contributed by atoms with Crippen molar-refractivity contribution in [2.45, 2.75) is 17.5 Å². The second-order valence-corrected chi connectivity index (χ2v) is 6.37. The molecule has 0 aliphatic carbocycles. The number of rotatable bonds is 6. The van der Waals surface area contributed by atoms with Gasteiger partial charge >= 0.3 is 0 Å². The molecule has 1 aromatic carbocycles. The normalized spacial score (nSPS) is 10.8. The summed E-state index contributed by atoms with van der Waals surface area (Å²) in [5, 5.41) is 11.6. The van der Waals surface area contributed by atoms with Gasteiger partial charge in [0.05, 0.1) is 5.69 Å². The fourth-order valence-corrected chi connectivity index (χ4v) is 3.29. The lowest BCUT2D eigenvalue weighted by Crippen LogP contribution is -1.95. The van der Waals surface area contributed by atoms with Crippen LogP contribution in [-0.2, 0) is 19.4 Å². The number of nitrogens with zero attached hydrogens (tertiary/aromatic N) is 4. The van der Waals surface area contributed by atoms with Crippen molar-refractivity contribution in [3.8, 4) is 5.75 Å². The van der Waals surface area contributed by atoms with E-state index >= 15 is 0 Å². The van der Waals surface area contributed by atoms with Crippen LogP contribution in [0.2, 0.25) is 0 Å². The minimum Gasteiger partial charge on any atom is -0.486 e. The molecule has 8 heteroatoms. The molecule has 0 N–H and O–H groups in total. The zero-order chi connectivity index (χ0) is 15.4. The summed E-state index contributed by atoms with van der Waals surface area (Å²) in [6, 6.07) is 5.96. The lowest BCUT2D eigenvalue weighted by Gasteiger charge is -2.03. The van der Waals surface area contributed by atoms with Crippen LogP contribution < -0.4 is 4.74 Å². The molecule has 3 aromatic rings. The second kappa shape index (κ2) is 6.89. The molecule has 0 fully saturated rings. The Hall–Kier alpha value is -1.93. The van der Waals surface area contributed by atoms with E-state index in [1.165, 1.54) is 12.1 Å². The summed E-state index contributed by atoms with van der Waals surface area (Å²) in [4.78, 5) is 4.51. The first-order chi connectivity index (χ1) is 10.7. The Morgan fingerprint density at radius 2 is 2.14 bits per heavy atom. The van der Waals surface area contributed by atoms with E-state index in [0.29, 0.717) is 12.4 Å². The molecule has 22 heavy (non-hydrogen) atoms. The lowest BCUT2D eigenvalue weighted by molar-refractivity contribution is 0.305. The molecule has 2 heterocycles. The highest BCUT2D eigenvalue weighted by Gasteiger charge is 2.07. The molecule has 3 rings (SSSR count). The fraction of sp³-hybridized carbons (Fsp3) is 0.214. The number of hydrogen-bond acceptors (Lipinski definition) is 6. The predicted octanol–water partition coefficient (Wildman–Crippen LogP) is 3.28. The van der Waals surface area contributed by atoms with Gasteiger partial charge in [-0.3, -0.25) is 0 Å². The second-order valence-electron chi connectivity index (χ2n) is 4.49. The highest BCUT2D eigenvalue weighted by molar-refractivity contribution is 7.98. The number of hydrogen-bond donors (Lipinski definition) is 0. The molecule has 0 bridgehead atoms. The van der Waals surface area contributed by atoms with Crippen LogP contribution in [-0.4, -0.2) is 19.7 Å². The maximum Gasteiger partial charge on any atom is 0.191 e. The molecule has 0 unspecified atom stereocenters. The van der Waals surface area contributed by atoms with Crippen molar-refractivity contribution in [3.05, 3.63) is 52.5 Å². The first-order valence-electron chi connectivity index (χ1n) is 6.49. The number of benzene rings is 1. The third-order valence-electron chi connectivity index (χ3n) is 2.79. The summed E-state index contributed by atoms with van der Waals surface area (Å²) < 4.78 is 20.3. The standard InChI is InChI=1S/C14H13FN4OS2/c1-19-9-16-18-14(19)22-8-11-7-21-13(17-11)6-20-12-4-2-10(15)3-5-12/h2-5,7,9H,6,8H2,1H3. The zero-order valence-corrected chi connectivity index (χ0v) is 13.4. The van der Waals surface area contributed by atoms with Crippen molar-refractivity contribution in [1.29, 1.82) is 0 Å². The van der Waals surface area contributed by atoms with E-state index < -0.39 is 0 Å². The van der Waals surface area contributed by atoms with Gasteiger partial charge in [0.2, 0.25) is 0 Å². The predicted molar refractivity (Wildman–Crippen MR) is 83.4 cm³/mol. The molecule has 0 amide bonds. The van der Waals surface area contributed by atoms with E-state index in [2.05, 4.69) is 15.2 Å². The van der Waals surface area contributed by atoms with E-state index in [4.69, 9.17) is 4.74 Å². The summed E-state index contributed by atoms with van der Waals surface area (Å²) in [6.45, 7) is 0.380. The number of aromatic nitrogens is 4. The Morgan fingerprint density at radius 1 is 1.32 bits per heavy atom. The lowest BCUT2D eigenvalue weighted by atomic mass is 10.3. The molecule has 0 atom stereocenters. The highest BCUT2D eigenvalue weighted by atomic mass is 32.2. The molecule has 0 saturated heterocycles. The van der Waals surface area contributed by atoms with Crippen LogP contribution in [0.15, 0.2) is 41.1 Å². The first kappa shape index (κ1) is 15.0. The maximum absolute atomic E-state index is 12.8. The Labute approximate surface area is 135 Å². The topological polar surface area (TPSA) is 52.8 Å². The third kappa shape index (κ3) is 3.83. The van der Waals surface area contributed by atoms with Crippen molar-refractivity contribution in [2.24, 2.45) is 7.05 Å². The summed E-state index contributed by atoms with van der Waals surface area (Å²) in [6.07, 6.45) is 1.67. The van der Waals surface area contributed by atoms with Crippen molar-refractivity contribution in [1.82, 2.24) is 19.7 Å². The largest absolute Gasteiger partial charge is 0.486 e. The Kier molecular flexibility index (Phi) is 4.69. The Morgan fingerprint density at radius 3 is 2.86 bits per heavy atom. The number of thiazole rings is 1. The molecule has 114 valence electrons. The molecular formula is C14H13FN4OS2. The van der Waals surface area contributed by atoms with Crippen LogP contribution in [0.4, 0.5) is 4.39 Å². The van der Waals surface area contributed by atoms with Crippen molar-refractivity contribution < 1.29 is 9.13 Å². The average molecular weight is 336 g/mol. The van der Waals surface area contributed by atoms with Crippen molar-refractivity contribution >= 4 is 23.1 Å². The number of thioether (sulfide) groups is 1. The Balaban J connectivity index is 1.52. The SMILES string of the molecule is Cn1cnnc1SCc1csc(COc2ccc(F)cc2)n1. The molecule has 5 nitrogen and oxygen atoms in total. The summed E-state index contributed by atoms with van der Waals surface area (Å²) in [5.74, 6) is 1.09. The van der Waals surface area contributed by atoms with Crippen LogP contribution in [0.5, 0.6) is 5.75 Å². The van der Waals surface area contributed by atoms with Crippen LogP contribution in [0.25, 0.3) is 0 Å². The number of aryl methyl sites for hydroxylation is 1. The highest BCUT2D eigenvalue weighted by Crippen LogP contribution is 2.22. The van der Waals surface area contributed by atoms with Crippen molar-refractivity contribution in [3.63, 3.8) is 0 Å². The van der Waals surface area contributed by atoms with E-state index in [1.807, 2.05) is 17.0 Å². The number of ether oxygens (including phenoxy) is 1. The quantitative estimate of drug-likeness (QED) is 0.647. The van der Waals surface area contributed by atoms with Gasteiger partial charge in [-0.05, 0) is 24.3 Å². The fourth-order valence-electron chi connectivity index (χ4n) is 1.70. The Bertz CT molecular complexity index is 741. The number of halogens is 1. The summed E-state index contributed by atoms with van der Waals surface area (Å²) in [5.41, 5.74) is 0.982. The van der Waals surface area contributed by atoms with Crippen LogP contribution in [0.3, 0.4) is 0 Å². The van der Waals surface area contributed by atoms with E-state index in [1.54, 1.807) is 41.6 Å². The monoisotopic (exact) mass is 336 g/mol.